The van der Waals surface area contributed by atoms with E-state index in [0.717, 1.165) is 36.0 Å². The normalized spacial score (nSPS) is 13.9. The second kappa shape index (κ2) is 10.0. The molecule has 8 nitrogen and oxygen atoms in total. The fourth-order valence-corrected chi connectivity index (χ4v) is 4.71. The van der Waals surface area contributed by atoms with Crippen molar-refractivity contribution in [1.82, 2.24) is 19.9 Å². The van der Waals surface area contributed by atoms with Gasteiger partial charge in [-0.3, -0.25) is 9.69 Å². The number of hydrogen-bond acceptors (Lipinski definition) is 7. The van der Waals surface area contributed by atoms with Crippen molar-refractivity contribution >= 4 is 16.7 Å². The van der Waals surface area contributed by atoms with E-state index < -0.39 is 0 Å². The Morgan fingerprint density at radius 3 is 2.62 bits per heavy atom. The number of carbonyl (C=O) groups is 1. The minimum Gasteiger partial charge on any atom is -0.490 e. The van der Waals surface area contributed by atoms with E-state index in [4.69, 9.17) is 9.26 Å². The van der Waals surface area contributed by atoms with Crippen LogP contribution in [-0.2, 0) is 11.3 Å². The predicted octanol–water partition coefficient (Wildman–Crippen LogP) is 4.74. The molecule has 37 heavy (non-hydrogen) atoms. The zero-order valence-corrected chi connectivity index (χ0v) is 21.4. The van der Waals surface area contributed by atoms with Crippen LogP contribution in [0.5, 0.6) is 5.75 Å². The maximum atomic E-state index is 12.2. The van der Waals surface area contributed by atoms with Crippen LogP contribution >= 0.6 is 0 Å². The van der Waals surface area contributed by atoms with Gasteiger partial charge in [-0.25, -0.2) is 0 Å². The Bertz CT molecular complexity index is 1500. The highest BCUT2D eigenvalue weighted by molar-refractivity contribution is 5.97. The zero-order valence-electron chi connectivity index (χ0n) is 21.4. The maximum Gasteiger partial charge on any atom is 0.258 e. The van der Waals surface area contributed by atoms with Gasteiger partial charge in [0.05, 0.1) is 17.6 Å². The number of rotatable bonds is 7. The minimum absolute atomic E-state index is 0.0349. The van der Waals surface area contributed by atoms with Crippen LogP contribution in [0.15, 0.2) is 59.1 Å². The molecule has 0 aliphatic carbocycles. The highest BCUT2D eigenvalue weighted by atomic mass is 16.5. The topological polar surface area (TPSA) is 95.5 Å². The molecule has 0 spiro atoms. The summed E-state index contributed by atoms with van der Waals surface area (Å²) in [6.45, 7) is 6.15. The largest absolute Gasteiger partial charge is 0.490 e. The Hall–Kier alpha value is -4.22. The van der Waals surface area contributed by atoms with Gasteiger partial charge in [-0.15, -0.1) is 0 Å². The molecule has 1 aliphatic rings. The van der Waals surface area contributed by atoms with Crippen molar-refractivity contribution in [2.24, 2.45) is 5.92 Å². The van der Waals surface area contributed by atoms with Gasteiger partial charge in [0.15, 0.2) is 0 Å². The average molecular weight is 496 g/mol. The highest BCUT2D eigenvalue weighted by Gasteiger charge is 2.33. The van der Waals surface area contributed by atoms with E-state index in [2.05, 4.69) is 39.3 Å². The Kier molecular flexibility index (Phi) is 6.64. The number of aromatic nitrogens is 2. The molecule has 0 radical (unpaired) electrons. The fourth-order valence-electron chi connectivity index (χ4n) is 4.71. The van der Waals surface area contributed by atoms with Gasteiger partial charge in [0, 0.05) is 44.9 Å². The van der Waals surface area contributed by atoms with E-state index in [1.165, 1.54) is 5.56 Å². The van der Waals surface area contributed by atoms with E-state index >= 15 is 0 Å². The second-order valence-electron chi connectivity index (χ2n) is 9.85. The molecule has 1 saturated heterocycles. The first kappa shape index (κ1) is 24.5. The molecule has 0 N–H and O–H groups in total. The monoisotopic (exact) mass is 495 g/mol. The Morgan fingerprint density at radius 1 is 1.16 bits per heavy atom. The van der Waals surface area contributed by atoms with Gasteiger partial charge in [0.2, 0.25) is 11.7 Å². The summed E-state index contributed by atoms with van der Waals surface area (Å²) in [7, 11) is 3.61. The lowest BCUT2D eigenvalue weighted by Gasteiger charge is -2.39. The molecule has 5 rings (SSSR count). The quantitative estimate of drug-likeness (QED) is 0.366. The van der Waals surface area contributed by atoms with Crippen molar-refractivity contribution in [3.05, 3.63) is 65.7 Å². The summed E-state index contributed by atoms with van der Waals surface area (Å²) in [5, 5.41) is 16.0. The van der Waals surface area contributed by atoms with Crippen molar-refractivity contribution in [3.8, 4) is 34.7 Å². The molecule has 1 amide bonds. The van der Waals surface area contributed by atoms with Crippen molar-refractivity contribution in [1.29, 1.82) is 5.26 Å². The number of hydrogen-bond donors (Lipinski definition) is 0. The third kappa shape index (κ3) is 4.91. The van der Waals surface area contributed by atoms with Gasteiger partial charge in [0.1, 0.15) is 11.8 Å². The van der Waals surface area contributed by atoms with Crippen LogP contribution in [0, 0.1) is 17.2 Å². The lowest BCUT2D eigenvalue weighted by atomic mass is 9.95. The molecule has 1 aliphatic heterocycles. The van der Waals surface area contributed by atoms with Crippen LogP contribution in [0.25, 0.3) is 33.6 Å². The number of nitrogens with zero attached hydrogens (tertiary/aromatic N) is 5. The van der Waals surface area contributed by atoms with Crippen LogP contribution in [0.2, 0.25) is 0 Å². The van der Waals surface area contributed by atoms with Crippen molar-refractivity contribution in [3.63, 3.8) is 0 Å². The van der Waals surface area contributed by atoms with E-state index in [1.807, 2.05) is 38.1 Å². The Labute approximate surface area is 216 Å². The van der Waals surface area contributed by atoms with E-state index in [1.54, 1.807) is 31.1 Å². The first-order valence-corrected chi connectivity index (χ1v) is 12.3. The van der Waals surface area contributed by atoms with Crippen LogP contribution in [0.3, 0.4) is 0 Å². The third-order valence-electron chi connectivity index (χ3n) is 6.53. The summed E-state index contributed by atoms with van der Waals surface area (Å²) < 4.78 is 11.3. The molecule has 4 aromatic rings. The molecule has 8 heteroatoms. The number of fused-ring (bicyclic) bond motifs is 1. The number of benzene rings is 3. The summed E-state index contributed by atoms with van der Waals surface area (Å²) in [4.78, 5) is 20.8. The smallest absolute Gasteiger partial charge is 0.258 e. The SMILES string of the molecule is CC(C)Oc1ccc(-c2nc(-c3ccc(CN4CC(C(=O)N(C)C)C4)c4ccccc34)no2)cc1C#N. The summed E-state index contributed by atoms with van der Waals surface area (Å²) in [5.41, 5.74) is 3.14. The Morgan fingerprint density at radius 2 is 1.92 bits per heavy atom. The zero-order chi connectivity index (χ0) is 26.1. The van der Waals surface area contributed by atoms with E-state index in [-0.39, 0.29) is 17.9 Å². The first-order chi connectivity index (χ1) is 17.8. The van der Waals surface area contributed by atoms with Crippen LogP contribution < -0.4 is 4.74 Å². The molecular formula is C29H29N5O3. The molecule has 3 aromatic carbocycles. The van der Waals surface area contributed by atoms with Gasteiger partial charge in [-0.2, -0.15) is 10.2 Å². The summed E-state index contributed by atoms with van der Waals surface area (Å²) >= 11 is 0. The molecule has 0 atom stereocenters. The summed E-state index contributed by atoms with van der Waals surface area (Å²) in [6.07, 6.45) is -0.0349. The van der Waals surface area contributed by atoms with Crippen molar-refractivity contribution in [2.75, 3.05) is 27.2 Å². The van der Waals surface area contributed by atoms with Gasteiger partial charge >= 0.3 is 0 Å². The van der Waals surface area contributed by atoms with Crippen LogP contribution in [-0.4, -0.2) is 59.1 Å². The summed E-state index contributed by atoms with van der Waals surface area (Å²) in [6, 6.07) is 19.8. The number of likely N-dealkylation sites (tertiary alicyclic amines) is 1. The first-order valence-electron chi connectivity index (χ1n) is 12.3. The molecular weight excluding hydrogens is 466 g/mol. The standard InChI is InChI=1S/C29H29N5O3/c1-18(2)36-26-12-10-19(13-21(26)14-30)28-31-27(32-37-28)25-11-9-20(23-7-5-6-8-24(23)25)15-34-16-22(17-34)29(35)33(3)4/h5-13,18,22H,15-17H2,1-4H3. The average Bonchev–Trinajstić information content (AvgIpc) is 3.35. The van der Waals surface area contributed by atoms with Crippen molar-refractivity contribution < 1.29 is 14.1 Å². The maximum absolute atomic E-state index is 12.2. The molecule has 0 unspecified atom stereocenters. The van der Waals surface area contributed by atoms with Gasteiger partial charge in [0.25, 0.3) is 5.89 Å². The number of amides is 1. The van der Waals surface area contributed by atoms with E-state index in [9.17, 15) is 10.1 Å². The Balaban J connectivity index is 1.40. The molecule has 188 valence electrons. The molecule has 2 heterocycles. The third-order valence-corrected chi connectivity index (χ3v) is 6.53. The number of carbonyl (C=O) groups excluding carboxylic acids is 1. The van der Waals surface area contributed by atoms with Crippen LogP contribution in [0.1, 0.15) is 25.0 Å². The fraction of sp³-hybridized carbons (Fsp3) is 0.310. The molecule has 0 saturated carbocycles. The molecule has 1 aromatic heterocycles. The predicted molar refractivity (Wildman–Crippen MR) is 141 cm³/mol. The number of nitriles is 1. The lowest BCUT2D eigenvalue weighted by Crippen LogP contribution is -2.52. The highest BCUT2D eigenvalue weighted by Crippen LogP contribution is 2.33. The van der Waals surface area contributed by atoms with Crippen molar-refractivity contribution in [2.45, 2.75) is 26.5 Å². The van der Waals surface area contributed by atoms with Gasteiger partial charge < -0.3 is 14.2 Å². The number of ether oxygens (including phenoxy) is 1. The van der Waals surface area contributed by atoms with Gasteiger partial charge in [-0.05, 0) is 48.4 Å². The summed E-state index contributed by atoms with van der Waals surface area (Å²) in [5.74, 6) is 1.62. The second-order valence-corrected chi connectivity index (χ2v) is 9.85. The lowest BCUT2D eigenvalue weighted by molar-refractivity contribution is -0.138. The van der Waals surface area contributed by atoms with Crippen LogP contribution in [0.4, 0.5) is 0 Å². The van der Waals surface area contributed by atoms with Gasteiger partial charge in [-0.1, -0.05) is 41.6 Å². The molecule has 1 fully saturated rings. The van der Waals surface area contributed by atoms with E-state index in [0.29, 0.717) is 28.6 Å². The minimum atomic E-state index is -0.0349. The molecule has 0 bridgehead atoms.